The van der Waals surface area contributed by atoms with E-state index in [9.17, 15) is 0 Å². The minimum atomic E-state index is 0.778. The number of rotatable bonds is 3. The van der Waals surface area contributed by atoms with Gasteiger partial charge >= 0.3 is 0 Å². The van der Waals surface area contributed by atoms with Crippen molar-refractivity contribution in [1.29, 1.82) is 0 Å². The summed E-state index contributed by atoms with van der Waals surface area (Å²) in [6.07, 6.45) is 5.29. The maximum Gasteiger partial charge on any atom is 0.00697 e. The number of nitrogens with zero attached hydrogens (tertiary/aromatic N) is 1. The summed E-state index contributed by atoms with van der Waals surface area (Å²) in [5.41, 5.74) is 5.51. The zero-order valence-corrected chi connectivity index (χ0v) is 8.42. The molecule has 72 valence electrons. The fraction of sp³-hybridized carbons (Fsp3) is 1.00. The van der Waals surface area contributed by atoms with E-state index in [0.717, 1.165) is 25.0 Å². The van der Waals surface area contributed by atoms with Crippen molar-refractivity contribution in [3.63, 3.8) is 0 Å². The number of likely N-dealkylation sites (tertiary alicyclic amines) is 1. The Balaban J connectivity index is 2.34. The van der Waals surface area contributed by atoms with Crippen molar-refractivity contribution in [2.24, 2.45) is 5.73 Å². The molecule has 2 nitrogen and oxygen atoms in total. The van der Waals surface area contributed by atoms with Crippen molar-refractivity contribution in [2.75, 3.05) is 13.1 Å². The first-order valence-electron chi connectivity index (χ1n) is 5.21. The lowest BCUT2D eigenvalue weighted by Gasteiger charge is -2.38. The van der Waals surface area contributed by atoms with Gasteiger partial charge in [-0.15, -0.1) is 0 Å². The van der Waals surface area contributed by atoms with Gasteiger partial charge in [-0.25, -0.2) is 0 Å². The van der Waals surface area contributed by atoms with Crippen LogP contribution in [0.15, 0.2) is 0 Å². The van der Waals surface area contributed by atoms with E-state index in [1.54, 1.807) is 0 Å². The largest absolute Gasteiger partial charge is 0.330 e. The van der Waals surface area contributed by atoms with Crippen molar-refractivity contribution < 1.29 is 0 Å². The van der Waals surface area contributed by atoms with Crippen molar-refractivity contribution in [3.05, 3.63) is 0 Å². The van der Waals surface area contributed by atoms with E-state index in [0.29, 0.717) is 0 Å². The SMILES string of the molecule is C[C@@H]1CCC[C@H](C)N1CCCN. The van der Waals surface area contributed by atoms with Crippen molar-refractivity contribution in [2.45, 2.75) is 51.6 Å². The maximum absolute atomic E-state index is 5.51. The van der Waals surface area contributed by atoms with Crippen LogP contribution in [0.2, 0.25) is 0 Å². The minimum Gasteiger partial charge on any atom is -0.330 e. The lowest BCUT2D eigenvalue weighted by molar-refractivity contribution is 0.103. The summed E-state index contributed by atoms with van der Waals surface area (Å²) in [5.74, 6) is 0. The quantitative estimate of drug-likeness (QED) is 0.697. The molecule has 0 aromatic heterocycles. The van der Waals surface area contributed by atoms with Gasteiger partial charge in [0.25, 0.3) is 0 Å². The molecule has 1 saturated heterocycles. The molecular formula is C10H22N2. The first-order chi connectivity index (χ1) is 5.75. The Hall–Kier alpha value is -0.0800. The van der Waals surface area contributed by atoms with E-state index < -0.39 is 0 Å². The van der Waals surface area contributed by atoms with Crippen LogP contribution in [0.25, 0.3) is 0 Å². The number of piperidine rings is 1. The highest BCUT2D eigenvalue weighted by atomic mass is 15.2. The van der Waals surface area contributed by atoms with Crippen LogP contribution in [0.5, 0.6) is 0 Å². The van der Waals surface area contributed by atoms with Crippen molar-refractivity contribution in [3.8, 4) is 0 Å². The average molecular weight is 170 g/mol. The Kier molecular flexibility index (Phi) is 4.02. The molecule has 0 aliphatic carbocycles. The lowest BCUT2D eigenvalue weighted by Crippen LogP contribution is -2.44. The van der Waals surface area contributed by atoms with Gasteiger partial charge in [-0.1, -0.05) is 6.42 Å². The normalized spacial score (nSPS) is 32.2. The second-order valence-corrected chi connectivity index (χ2v) is 4.01. The lowest BCUT2D eigenvalue weighted by atomic mass is 9.97. The number of hydrogen-bond acceptors (Lipinski definition) is 2. The number of nitrogens with two attached hydrogens (primary N) is 1. The number of hydrogen-bond donors (Lipinski definition) is 1. The van der Waals surface area contributed by atoms with Crippen LogP contribution in [-0.2, 0) is 0 Å². The first-order valence-corrected chi connectivity index (χ1v) is 5.21. The van der Waals surface area contributed by atoms with Crippen LogP contribution in [0.1, 0.15) is 39.5 Å². The van der Waals surface area contributed by atoms with Gasteiger partial charge in [-0.05, 0) is 46.2 Å². The van der Waals surface area contributed by atoms with E-state index in [1.807, 2.05) is 0 Å². The van der Waals surface area contributed by atoms with Gasteiger partial charge in [0, 0.05) is 12.1 Å². The van der Waals surface area contributed by atoms with E-state index in [4.69, 9.17) is 5.73 Å². The molecule has 0 aromatic carbocycles. The van der Waals surface area contributed by atoms with Crippen molar-refractivity contribution in [1.82, 2.24) is 4.90 Å². The molecule has 2 heteroatoms. The van der Waals surface area contributed by atoms with Crippen LogP contribution >= 0.6 is 0 Å². The third-order valence-corrected chi connectivity index (χ3v) is 3.00. The monoisotopic (exact) mass is 170 g/mol. The van der Waals surface area contributed by atoms with Gasteiger partial charge in [0.05, 0.1) is 0 Å². The van der Waals surface area contributed by atoms with Gasteiger partial charge in [0.15, 0.2) is 0 Å². The summed E-state index contributed by atoms with van der Waals surface area (Å²) in [6, 6.07) is 1.56. The molecule has 0 unspecified atom stereocenters. The zero-order valence-electron chi connectivity index (χ0n) is 8.42. The van der Waals surface area contributed by atoms with Gasteiger partial charge in [-0.2, -0.15) is 0 Å². The van der Waals surface area contributed by atoms with Crippen LogP contribution in [0.4, 0.5) is 0 Å². The van der Waals surface area contributed by atoms with Crippen LogP contribution in [0, 0.1) is 0 Å². The highest BCUT2D eigenvalue weighted by molar-refractivity contribution is 4.79. The third-order valence-electron chi connectivity index (χ3n) is 3.00. The molecule has 1 aliphatic heterocycles. The fourth-order valence-corrected chi connectivity index (χ4v) is 2.19. The van der Waals surface area contributed by atoms with Crippen LogP contribution in [-0.4, -0.2) is 30.1 Å². The Morgan fingerprint density at radius 3 is 2.33 bits per heavy atom. The molecule has 0 bridgehead atoms. The smallest absolute Gasteiger partial charge is 0.00697 e. The Labute approximate surface area is 76.1 Å². The molecular weight excluding hydrogens is 148 g/mol. The first kappa shape index (κ1) is 10.0. The molecule has 2 N–H and O–H groups in total. The van der Waals surface area contributed by atoms with Gasteiger partial charge in [-0.3, -0.25) is 4.90 Å². The second kappa shape index (κ2) is 4.83. The third kappa shape index (κ3) is 2.46. The zero-order chi connectivity index (χ0) is 8.97. The molecule has 0 spiro atoms. The molecule has 0 saturated carbocycles. The minimum absolute atomic E-state index is 0.778. The van der Waals surface area contributed by atoms with E-state index in [2.05, 4.69) is 18.7 Å². The predicted octanol–water partition coefficient (Wildman–Crippen LogP) is 1.60. The topological polar surface area (TPSA) is 29.3 Å². The second-order valence-electron chi connectivity index (χ2n) is 4.01. The molecule has 1 aliphatic rings. The van der Waals surface area contributed by atoms with Gasteiger partial charge in [0.1, 0.15) is 0 Å². The standard InChI is InChI=1S/C10H22N2/c1-9-5-3-6-10(2)12(9)8-4-7-11/h9-10H,3-8,11H2,1-2H3/t9-,10+. The summed E-state index contributed by atoms with van der Waals surface area (Å²) in [6.45, 7) is 6.70. The molecule has 0 amide bonds. The maximum atomic E-state index is 5.51. The summed E-state index contributed by atoms with van der Waals surface area (Å²) in [7, 11) is 0. The Morgan fingerprint density at radius 2 is 1.83 bits per heavy atom. The summed E-state index contributed by atoms with van der Waals surface area (Å²) < 4.78 is 0. The summed E-state index contributed by atoms with van der Waals surface area (Å²) in [5, 5.41) is 0. The highest BCUT2D eigenvalue weighted by Crippen LogP contribution is 2.22. The molecule has 1 rings (SSSR count). The van der Waals surface area contributed by atoms with Crippen LogP contribution in [0.3, 0.4) is 0 Å². The predicted molar refractivity (Wildman–Crippen MR) is 53.2 cm³/mol. The van der Waals surface area contributed by atoms with Gasteiger partial charge in [0.2, 0.25) is 0 Å². The molecule has 1 fully saturated rings. The van der Waals surface area contributed by atoms with Crippen molar-refractivity contribution >= 4 is 0 Å². The summed E-state index contributed by atoms with van der Waals surface area (Å²) in [4.78, 5) is 2.61. The molecule has 1 heterocycles. The molecule has 12 heavy (non-hydrogen) atoms. The van der Waals surface area contributed by atoms with E-state index in [-0.39, 0.29) is 0 Å². The van der Waals surface area contributed by atoms with Gasteiger partial charge < -0.3 is 5.73 Å². The Morgan fingerprint density at radius 1 is 1.25 bits per heavy atom. The average Bonchev–Trinajstić information content (AvgIpc) is 2.04. The summed E-state index contributed by atoms with van der Waals surface area (Å²) >= 11 is 0. The molecule has 2 atom stereocenters. The Bertz CT molecular complexity index is 115. The van der Waals surface area contributed by atoms with E-state index in [1.165, 1.54) is 25.8 Å². The fourth-order valence-electron chi connectivity index (χ4n) is 2.19. The molecule has 0 aromatic rings. The highest BCUT2D eigenvalue weighted by Gasteiger charge is 2.23. The van der Waals surface area contributed by atoms with Crippen LogP contribution < -0.4 is 5.73 Å². The van der Waals surface area contributed by atoms with E-state index >= 15 is 0 Å². The molecule has 0 radical (unpaired) electrons.